The first-order valence-corrected chi connectivity index (χ1v) is 9.99. The third-order valence-corrected chi connectivity index (χ3v) is 5.61. The number of aryl methyl sites for hydroxylation is 1. The molecule has 0 aliphatic heterocycles. The van der Waals surface area contributed by atoms with Gasteiger partial charge in [-0.3, -0.25) is 10.1 Å². The van der Waals surface area contributed by atoms with Crippen LogP contribution in [0.15, 0.2) is 29.2 Å². The number of nitrogens with zero attached hydrogens (tertiary/aromatic N) is 2. The Balaban J connectivity index is 2.11. The molecule has 0 aliphatic carbocycles. The Kier molecular flexibility index (Phi) is 6.41. The van der Waals surface area contributed by atoms with Crippen LogP contribution in [0.1, 0.15) is 42.1 Å². The first kappa shape index (κ1) is 18.5. The second kappa shape index (κ2) is 8.32. The summed E-state index contributed by atoms with van der Waals surface area (Å²) < 4.78 is 26.4. The van der Waals surface area contributed by atoms with E-state index in [9.17, 15) is 13.2 Å². The molecular formula is C15H20N4O3S2. The van der Waals surface area contributed by atoms with E-state index in [0.29, 0.717) is 5.13 Å². The smallest absolute Gasteiger partial charge is 0.257 e. The lowest BCUT2D eigenvalue weighted by Crippen LogP contribution is -2.23. The van der Waals surface area contributed by atoms with Gasteiger partial charge in [0.05, 0.1) is 4.90 Å². The zero-order valence-electron chi connectivity index (χ0n) is 13.6. The van der Waals surface area contributed by atoms with E-state index in [1.54, 1.807) is 13.0 Å². The van der Waals surface area contributed by atoms with Crippen molar-refractivity contribution in [2.24, 2.45) is 0 Å². The number of anilines is 1. The van der Waals surface area contributed by atoms with Crippen LogP contribution in [0.3, 0.4) is 0 Å². The van der Waals surface area contributed by atoms with Crippen molar-refractivity contribution in [1.29, 1.82) is 0 Å². The van der Waals surface area contributed by atoms with Gasteiger partial charge in [0, 0.05) is 18.5 Å². The highest BCUT2D eigenvalue weighted by molar-refractivity contribution is 7.89. The first-order valence-electron chi connectivity index (χ1n) is 7.69. The molecule has 0 unspecified atom stereocenters. The SMILES string of the molecule is CCCCc1nnc(NC(=O)c2cccc(S(=O)(=O)NCC)c2)s1. The van der Waals surface area contributed by atoms with Crippen LogP contribution in [-0.4, -0.2) is 31.1 Å². The molecule has 2 aromatic rings. The number of carbonyl (C=O) groups excluding carboxylic acids is 1. The lowest BCUT2D eigenvalue weighted by molar-refractivity contribution is 0.102. The van der Waals surface area contributed by atoms with Crippen LogP contribution in [-0.2, 0) is 16.4 Å². The fourth-order valence-electron chi connectivity index (χ4n) is 1.98. The predicted octanol–water partition coefficient (Wildman–Crippen LogP) is 2.43. The Bertz CT molecular complexity index is 803. The normalized spacial score (nSPS) is 11.4. The summed E-state index contributed by atoms with van der Waals surface area (Å²) in [6, 6.07) is 5.88. The summed E-state index contributed by atoms with van der Waals surface area (Å²) in [5.41, 5.74) is 0.249. The maximum absolute atomic E-state index is 12.3. The Hall–Kier alpha value is -1.84. The zero-order chi connectivity index (χ0) is 17.6. The van der Waals surface area contributed by atoms with E-state index in [1.165, 1.54) is 29.5 Å². The lowest BCUT2D eigenvalue weighted by Gasteiger charge is -2.06. The second-order valence-corrected chi connectivity index (χ2v) is 7.92. The van der Waals surface area contributed by atoms with E-state index in [2.05, 4.69) is 27.2 Å². The molecule has 1 aromatic heterocycles. The Labute approximate surface area is 145 Å². The van der Waals surface area contributed by atoms with E-state index in [1.807, 2.05) is 0 Å². The minimum atomic E-state index is -3.60. The molecule has 0 radical (unpaired) electrons. The van der Waals surface area contributed by atoms with Crippen LogP contribution in [0.25, 0.3) is 0 Å². The fraction of sp³-hybridized carbons (Fsp3) is 0.400. The molecule has 2 N–H and O–H groups in total. The molecule has 0 saturated heterocycles. The fourth-order valence-corrected chi connectivity index (χ4v) is 3.84. The van der Waals surface area contributed by atoms with Gasteiger partial charge >= 0.3 is 0 Å². The number of unbranched alkanes of at least 4 members (excludes halogenated alkanes) is 1. The van der Waals surface area contributed by atoms with Gasteiger partial charge in [-0.15, -0.1) is 10.2 Å². The molecule has 7 nitrogen and oxygen atoms in total. The molecule has 0 atom stereocenters. The van der Waals surface area contributed by atoms with Gasteiger partial charge in [-0.2, -0.15) is 0 Å². The van der Waals surface area contributed by atoms with E-state index >= 15 is 0 Å². The number of hydrogen-bond donors (Lipinski definition) is 2. The topological polar surface area (TPSA) is 101 Å². The summed E-state index contributed by atoms with van der Waals surface area (Å²) in [4.78, 5) is 12.3. The largest absolute Gasteiger partial charge is 0.296 e. The Morgan fingerprint density at radius 3 is 2.75 bits per heavy atom. The molecule has 0 bridgehead atoms. The monoisotopic (exact) mass is 368 g/mol. The van der Waals surface area contributed by atoms with Crippen LogP contribution in [0.5, 0.6) is 0 Å². The predicted molar refractivity (Wildman–Crippen MR) is 93.8 cm³/mol. The van der Waals surface area contributed by atoms with Crippen LogP contribution in [0.2, 0.25) is 0 Å². The molecule has 0 fully saturated rings. The van der Waals surface area contributed by atoms with Crippen molar-refractivity contribution < 1.29 is 13.2 Å². The molecule has 9 heteroatoms. The van der Waals surface area contributed by atoms with E-state index < -0.39 is 15.9 Å². The van der Waals surface area contributed by atoms with Crippen LogP contribution < -0.4 is 10.0 Å². The Morgan fingerprint density at radius 2 is 2.04 bits per heavy atom. The molecule has 0 aliphatic rings. The molecular weight excluding hydrogens is 348 g/mol. The van der Waals surface area contributed by atoms with Gasteiger partial charge in [0.15, 0.2) is 0 Å². The number of rotatable bonds is 8. The quantitative estimate of drug-likeness (QED) is 0.745. The Morgan fingerprint density at radius 1 is 1.25 bits per heavy atom. The highest BCUT2D eigenvalue weighted by Gasteiger charge is 2.16. The van der Waals surface area contributed by atoms with E-state index in [0.717, 1.165) is 24.3 Å². The van der Waals surface area contributed by atoms with Crippen molar-refractivity contribution in [1.82, 2.24) is 14.9 Å². The van der Waals surface area contributed by atoms with Gasteiger partial charge in [0.25, 0.3) is 5.91 Å². The molecule has 24 heavy (non-hydrogen) atoms. The minimum absolute atomic E-state index is 0.0536. The van der Waals surface area contributed by atoms with Crippen LogP contribution in [0, 0.1) is 0 Å². The summed E-state index contributed by atoms with van der Waals surface area (Å²) in [6.45, 7) is 4.07. The number of amides is 1. The molecule has 130 valence electrons. The molecule has 1 heterocycles. The number of benzene rings is 1. The molecule has 0 saturated carbocycles. The van der Waals surface area contributed by atoms with Gasteiger partial charge in [-0.05, 0) is 24.6 Å². The second-order valence-electron chi connectivity index (χ2n) is 5.09. The average molecular weight is 368 g/mol. The van der Waals surface area contributed by atoms with Gasteiger partial charge in [-0.1, -0.05) is 37.7 Å². The third kappa shape index (κ3) is 4.83. The number of hydrogen-bond acceptors (Lipinski definition) is 6. The third-order valence-electron chi connectivity index (χ3n) is 3.17. The molecule has 1 aromatic carbocycles. The summed E-state index contributed by atoms with van der Waals surface area (Å²) in [7, 11) is -3.60. The van der Waals surface area contributed by atoms with Crippen LogP contribution in [0.4, 0.5) is 5.13 Å². The number of nitrogens with one attached hydrogen (secondary N) is 2. The van der Waals surface area contributed by atoms with Crippen molar-refractivity contribution in [3.05, 3.63) is 34.8 Å². The number of carbonyl (C=O) groups is 1. The molecule has 1 amide bonds. The van der Waals surface area contributed by atoms with Crippen molar-refractivity contribution in [2.45, 2.75) is 38.0 Å². The number of sulfonamides is 1. The van der Waals surface area contributed by atoms with Crippen molar-refractivity contribution >= 4 is 32.4 Å². The van der Waals surface area contributed by atoms with E-state index in [4.69, 9.17) is 0 Å². The highest BCUT2D eigenvalue weighted by atomic mass is 32.2. The maximum Gasteiger partial charge on any atom is 0.257 e. The van der Waals surface area contributed by atoms with Crippen LogP contribution >= 0.6 is 11.3 Å². The average Bonchev–Trinajstić information content (AvgIpc) is 3.00. The van der Waals surface area contributed by atoms with Crippen molar-refractivity contribution in [3.63, 3.8) is 0 Å². The van der Waals surface area contributed by atoms with Gasteiger partial charge < -0.3 is 0 Å². The number of aromatic nitrogens is 2. The highest BCUT2D eigenvalue weighted by Crippen LogP contribution is 2.19. The van der Waals surface area contributed by atoms with Crippen molar-refractivity contribution in [2.75, 3.05) is 11.9 Å². The van der Waals surface area contributed by atoms with Gasteiger partial charge in [0.2, 0.25) is 15.2 Å². The maximum atomic E-state index is 12.3. The van der Waals surface area contributed by atoms with E-state index in [-0.39, 0.29) is 17.0 Å². The van der Waals surface area contributed by atoms with Gasteiger partial charge in [0.1, 0.15) is 5.01 Å². The summed E-state index contributed by atoms with van der Waals surface area (Å²) in [6.07, 6.45) is 2.92. The first-order chi connectivity index (χ1) is 11.5. The van der Waals surface area contributed by atoms with Crippen molar-refractivity contribution in [3.8, 4) is 0 Å². The summed E-state index contributed by atoms with van der Waals surface area (Å²) in [5.74, 6) is -0.415. The summed E-state index contributed by atoms with van der Waals surface area (Å²) >= 11 is 1.33. The molecule has 2 rings (SSSR count). The molecule has 0 spiro atoms. The lowest BCUT2D eigenvalue weighted by atomic mass is 10.2. The minimum Gasteiger partial charge on any atom is -0.296 e. The zero-order valence-corrected chi connectivity index (χ0v) is 15.2. The summed E-state index contributed by atoms with van der Waals surface area (Å²) in [5, 5.41) is 11.9. The van der Waals surface area contributed by atoms with Gasteiger partial charge in [-0.25, -0.2) is 13.1 Å². The standard InChI is InChI=1S/C15H20N4O3S2/c1-3-5-9-13-18-19-15(23-13)17-14(20)11-7-6-8-12(10-11)24(21,22)16-4-2/h6-8,10,16H,3-5,9H2,1-2H3,(H,17,19,20).